The average molecular weight is 364 g/mol. The number of hydrogen-bond acceptors (Lipinski definition) is 4. The Bertz CT molecular complexity index is 819. The smallest absolute Gasteiger partial charge is 0.338 e. The van der Waals surface area contributed by atoms with Crippen LogP contribution in [0.3, 0.4) is 0 Å². The molecule has 0 aliphatic heterocycles. The number of nitrogens with zero attached hydrogens (tertiary/aromatic N) is 2. The lowest BCUT2D eigenvalue weighted by molar-refractivity contribution is -0.147. The van der Waals surface area contributed by atoms with Crippen molar-refractivity contribution in [3.8, 4) is 5.69 Å². The Kier molecular flexibility index (Phi) is 3.92. The molecule has 0 amide bonds. The first-order valence-electron chi connectivity index (χ1n) is 9.92. The van der Waals surface area contributed by atoms with Crippen molar-refractivity contribution >= 4 is 11.8 Å². The lowest BCUT2D eigenvalue weighted by Crippen LogP contribution is -2.51. The summed E-state index contributed by atoms with van der Waals surface area (Å²) in [5.41, 5.74) is 1.13. The van der Waals surface area contributed by atoms with Gasteiger partial charge in [-0.3, -0.25) is 4.79 Å². The Morgan fingerprint density at radius 2 is 1.67 bits per heavy atom. The molecule has 4 fully saturated rings. The van der Waals surface area contributed by atoms with Crippen LogP contribution in [0.25, 0.3) is 5.69 Å². The zero-order valence-corrected chi connectivity index (χ0v) is 15.3. The molecule has 140 valence electrons. The van der Waals surface area contributed by atoms with Gasteiger partial charge >= 0.3 is 5.97 Å². The Hall–Kier alpha value is -2.43. The predicted octanol–water partition coefficient (Wildman–Crippen LogP) is 3.81. The van der Waals surface area contributed by atoms with Gasteiger partial charge in [0, 0.05) is 17.8 Å². The molecular formula is C22H24N2O3. The number of ketones is 1. The van der Waals surface area contributed by atoms with E-state index < -0.39 is 5.97 Å². The maximum atomic E-state index is 13.0. The van der Waals surface area contributed by atoms with Crippen molar-refractivity contribution < 1.29 is 14.3 Å². The number of hydrogen-bond donors (Lipinski definition) is 0. The lowest BCUT2D eigenvalue weighted by Gasteiger charge is -2.55. The summed E-state index contributed by atoms with van der Waals surface area (Å²) < 4.78 is 7.13. The summed E-state index contributed by atoms with van der Waals surface area (Å²) in [6.45, 7) is -0.0914. The fourth-order valence-electron chi connectivity index (χ4n) is 5.99. The number of aromatic nitrogens is 2. The second-order valence-electron chi connectivity index (χ2n) is 8.69. The normalized spacial score (nSPS) is 31.0. The summed E-state index contributed by atoms with van der Waals surface area (Å²) in [4.78, 5) is 25.3. The number of esters is 1. The van der Waals surface area contributed by atoms with Crippen LogP contribution in [0.2, 0.25) is 0 Å². The van der Waals surface area contributed by atoms with Crippen LogP contribution < -0.4 is 0 Å². The highest BCUT2D eigenvalue weighted by atomic mass is 16.5. The van der Waals surface area contributed by atoms with Crippen LogP contribution in [0.4, 0.5) is 0 Å². The molecule has 4 saturated carbocycles. The van der Waals surface area contributed by atoms with E-state index in [0.717, 1.165) is 24.9 Å². The fourth-order valence-corrected chi connectivity index (χ4v) is 5.99. The van der Waals surface area contributed by atoms with Gasteiger partial charge in [-0.05, 0) is 86.6 Å². The molecular weight excluding hydrogens is 340 g/mol. The zero-order chi connectivity index (χ0) is 18.4. The average Bonchev–Trinajstić information content (AvgIpc) is 3.19. The maximum absolute atomic E-state index is 13.0. The SMILES string of the molecule is O=C(OCC(=O)C12CC3CC(CC(C3)C1)C2)c1ccc(-n2cccn2)cc1. The third kappa shape index (κ3) is 2.99. The molecule has 6 rings (SSSR count). The van der Waals surface area contributed by atoms with Gasteiger partial charge in [-0.15, -0.1) is 0 Å². The molecule has 0 spiro atoms. The van der Waals surface area contributed by atoms with Crippen molar-refractivity contribution in [2.75, 3.05) is 6.61 Å². The first kappa shape index (κ1) is 16.7. The Labute approximate surface area is 158 Å². The summed E-state index contributed by atoms with van der Waals surface area (Å²) in [6.07, 6.45) is 10.5. The van der Waals surface area contributed by atoms with E-state index in [-0.39, 0.29) is 17.8 Å². The van der Waals surface area contributed by atoms with Crippen LogP contribution in [-0.2, 0) is 9.53 Å². The first-order valence-corrected chi connectivity index (χ1v) is 9.92. The molecule has 1 heterocycles. The lowest BCUT2D eigenvalue weighted by atomic mass is 9.48. The fraction of sp³-hybridized carbons (Fsp3) is 0.500. The molecule has 0 unspecified atom stereocenters. The summed E-state index contributed by atoms with van der Waals surface area (Å²) in [5, 5.41) is 4.17. The molecule has 1 aromatic heterocycles. The van der Waals surface area contributed by atoms with Crippen molar-refractivity contribution in [3.63, 3.8) is 0 Å². The van der Waals surface area contributed by atoms with Crippen LogP contribution in [0.1, 0.15) is 48.9 Å². The Morgan fingerprint density at radius 3 is 2.22 bits per heavy atom. The molecule has 4 aliphatic carbocycles. The molecule has 5 heteroatoms. The summed E-state index contributed by atoms with van der Waals surface area (Å²) in [7, 11) is 0. The second kappa shape index (κ2) is 6.32. The van der Waals surface area contributed by atoms with Crippen LogP contribution >= 0.6 is 0 Å². The van der Waals surface area contributed by atoms with E-state index >= 15 is 0 Å². The molecule has 0 radical (unpaired) electrons. The number of benzene rings is 1. The number of ether oxygens (including phenoxy) is 1. The van der Waals surface area contributed by atoms with Gasteiger partial charge in [0.05, 0.1) is 11.3 Å². The quantitative estimate of drug-likeness (QED) is 0.757. The van der Waals surface area contributed by atoms with Gasteiger partial charge < -0.3 is 4.74 Å². The number of carbonyl (C=O) groups is 2. The van der Waals surface area contributed by atoms with E-state index in [1.807, 2.05) is 24.4 Å². The van der Waals surface area contributed by atoms with E-state index in [2.05, 4.69) is 5.10 Å². The van der Waals surface area contributed by atoms with Gasteiger partial charge in [-0.1, -0.05) is 0 Å². The van der Waals surface area contributed by atoms with Crippen LogP contribution in [0.15, 0.2) is 42.7 Å². The number of rotatable bonds is 5. The first-order chi connectivity index (χ1) is 13.1. The van der Waals surface area contributed by atoms with Crippen molar-refractivity contribution in [2.45, 2.75) is 38.5 Å². The summed E-state index contributed by atoms with van der Waals surface area (Å²) in [5.74, 6) is 1.85. The van der Waals surface area contributed by atoms with Crippen LogP contribution in [0.5, 0.6) is 0 Å². The Balaban J connectivity index is 1.22. The molecule has 27 heavy (non-hydrogen) atoms. The maximum Gasteiger partial charge on any atom is 0.338 e. The van der Waals surface area contributed by atoms with E-state index in [0.29, 0.717) is 23.3 Å². The summed E-state index contributed by atoms with van der Waals surface area (Å²) in [6, 6.07) is 8.93. The van der Waals surface area contributed by atoms with E-state index in [9.17, 15) is 9.59 Å². The molecule has 0 N–H and O–H groups in total. The molecule has 4 aliphatic rings. The van der Waals surface area contributed by atoms with Gasteiger partial charge in [-0.25, -0.2) is 9.48 Å². The monoisotopic (exact) mass is 364 g/mol. The second-order valence-corrected chi connectivity index (χ2v) is 8.69. The van der Waals surface area contributed by atoms with Crippen molar-refractivity contribution in [1.82, 2.24) is 9.78 Å². The predicted molar refractivity (Wildman–Crippen MR) is 99.5 cm³/mol. The minimum absolute atomic E-state index is 0.0914. The summed E-state index contributed by atoms with van der Waals surface area (Å²) >= 11 is 0. The van der Waals surface area contributed by atoms with Gasteiger partial charge in [0.15, 0.2) is 12.4 Å². The van der Waals surface area contributed by atoms with Gasteiger partial charge in [0.25, 0.3) is 0 Å². The largest absolute Gasteiger partial charge is 0.454 e. The highest BCUT2D eigenvalue weighted by Gasteiger charge is 2.54. The molecule has 0 saturated heterocycles. The van der Waals surface area contributed by atoms with E-state index in [1.165, 1.54) is 19.3 Å². The minimum Gasteiger partial charge on any atom is -0.454 e. The highest BCUT2D eigenvalue weighted by molar-refractivity contribution is 5.93. The molecule has 2 aromatic rings. The Morgan fingerprint density at radius 1 is 1.04 bits per heavy atom. The number of Topliss-reactive ketones (excluding diaryl/α,β-unsaturated/α-hetero) is 1. The zero-order valence-electron chi connectivity index (χ0n) is 15.3. The van der Waals surface area contributed by atoms with E-state index in [1.54, 1.807) is 23.0 Å². The number of carbonyl (C=O) groups excluding carboxylic acids is 2. The topological polar surface area (TPSA) is 61.2 Å². The highest BCUT2D eigenvalue weighted by Crippen LogP contribution is 2.60. The molecule has 0 atom stereocenters. The van der Waals surface area contributed by atoms with Crippen LogP contribution in [-0.4, -0.2) is 28.1 Å². The van der Waals surface area contributed by atoms with Gasteiger partial charge in [0.1, 0.15) is 0 Å². The van der Waals surface area contributed by atoms with E-state index in [4.69, 9.17) is 4.74 Å². The third-order valence-corrected chi connectivity index (χ3v) is 6.84. The standard InChI is InChI=1S/C22H24N2O3/c25-20(22-11-15-8-16(12-22)10-17(9-15)13-22)14-27-21(26)18-2-4-19(5-3-18)24-7-1-6-23-24/h1-7,15-17H,8-14H2. The third-order valence-electron chi connectivity index (χ3n) is 6.84. The molecule has 5 nitrogen and oxygen atoms in total. The van der Waals surface area contributed by atoms with Crippen molar-refractivity contribution in [1.29, 1.82) is 0 Å². The molecule has 1 aromatic carbocycles. The van der Waals surface area contributed by atoms with Gasteiger partial charge in [-0.2, -0.15) is 5.10 Å². The van der Waals surface area contributed by atoms with Crippen molar-refractivity contribution in [2.24, 2.45) is 23.2 Å². The van der Waals surface area contributed by atoms with Gasteiger partial charge in [0.2, 0.25) is 0 Å². The molecule has 4 bridgehead atoms. The minimum atomic E-state index is -0.430. The van der Waals surface area contributed by atoms with Crippen LogP contribution in [0, 0.1) is 23.2 Å². The van der Waals surface area contributed by atoms with Crippen molar-refractivity contribution in [3.05, 3.63) is 48.3 Å².